The lowest BCUT2D eigenvalue weighted by molar-refractivity contribution is -0.121. The molecule has 2 aliphatic heterocycles. The van der Waals surface area contributed by atoms with Crippen LogP contribution in [0, 0.1) is 0 Å². The fraction of sp³-hybridized carbons (Fsp3) is 0.417. The topological polar surface area (TPSA) is 66.5 Å². The molecular formula is C12H13ClN2O3S. The fourth-order valence-corrected chi connectivity index (χ4v) is 4.76. The standard InChI is InChI=1S/C12H13ClN2O3S/c13-8-1-3-9(4-2-8)15-5-12(16)14-10-6-19(17,18)7-11(10)15/h1-4,10-11H,5-7H2,(H,14,16)/t10-,11+/m1/s1. The van der Waals surface area contributed by atoms with Gasteiger partial charge in [-0.3, -0.25) is 4.79 Å². The maximum absolute atomic E-state index is 11.7. The number of piperazine rings is 1. The van der Waals surface area contributed by atoms with Crippen LogP contribution in [0.3, 0.4) is 0 Å². The molecule has 0 aromatic heterocycles. The Kier molecular flexibility index (Phi) is 2.94. The zero-order valence-corrected chi connectivity index (χ0v) is 11.6. The largest absolute Gasteiger partial charge is 0.356 e. The van der Waals surface area contributed by atoms with Gasteiger partial charge in [-0.15, -0.1) is 0 Å². The molecule has 0 saturated carbocycles. The predicted molar refractivity (Wildman–Crippen MR) is 73.2 cm³/mol. The average Bonchev–Trinajstić information content (AvgIpc) is 2.63. The van der Waals surface area contributed by atoms with Gasteiger partial charge in [-0.2, -0.15) is 0 Å². The van der Waals surface area contributed by atoms with Gasteiger partial charge in [0.1, 0.15) is 0 Å². The van der Waals surface area contributed by atoms with E-state index in [2.05, 4.69) is 5.32 Å². The van der Waals surface area contributed by atoms with Crippen LogP contribution in [0.25, 0.3) is 0 Å². The number of nitrogens with one attached hydrogen (secondary N) is 1. The number of hydrogen-bond donors (Lipinski definition) is 1. The summed E-state index contributed by atoms with van der Waals surface area (Å²) in [6, 6.07) is 6.58. The number of carbonyl (C=O) groups is 1. The Labute approximate surface area is 116 Å². The summed E-state index contributed by atoms with van der Waals surface area (Å²) in [6.45, 7) is 0.179. The van der Waals surface area contributed by atoms with Crippen LogP contribution in [-0.4, -0.2) is 44.5 Å². The number of hydrogen-bond acceptors (Lipinski definition) is 4. The molecule has 2 fully saturated rings. The van der Waals surface area contributed by atoms with Crippen LogP contribution < -0.4 is 10.2 Å². The maximum Gasteiger partial charge on any atom is 0.239 e. The fourth-order valence-electron chi connectivity index (χ4n) is 2.71. The molecular weight excluding hydrogens is 288 g/mol. The normalized spacial score (nSPS) is 28.9. The maximum atomic E-state index is 11.7. The lowest BCUT2D eigenvalue weighted by atomic mass is 10.1. The van der Waals surface area contributed by atoms with E-state index < -0.39 is 9.84 Å². The van der Waals surface area contributed by atoms with Gasteiger partial charge >= 0.3 is 0 Å². The number of fused-ring (bicyclic) bond motifs is 1. The summed E-state index contributed by atoms with van der Waals surface area (Å²) in [5, 5.41) is 3.37. The summed E-state index contributed by atoms with van der Waals surface area (Å²) in [5.41, 5.74) is 0.825. The molecule has 2 aliphatic rings. The van der Waals surface area contributed by atoms with Gasteiger partial charge in [0.2, 0.25) is 5.91 Å². The molecule has 102 valence electrons. The van der Waals surface area contributed by atoms with E-state index in [0.717, 1.165) is 5.69 Å². The van der Waals surface area contributed by atoms with E-state index in [1.54, 1.807) is 12.1 Å². The first-order valence-corrected chi connectivity index (χ1v) is 8.16. The van der Waals surface area contributed by atoms with E-state index in [1.807, 2.05) is 17.0 Å². The number of nitrogens with zero attached hydrogens (tertiary/aromatic N) is 1. The third-order valence-corrected chi connectivity index (χ3v) is 5.51. The molecule has 0 radical (unpaired) electrons. The zero-order chi connectivity index (χ0) is 13.6. The van der Waals surface area contributed by atoms with Crippen molar-refractivity contribution in [2.45, 2.75) is 12.1 Å². The Morgan fingerprint density at radius 2 is 1.89 bits per heavy atom. The first kappa shape index (κ1) is 12.7. The highest BCUT2D eigenvalue weighted by molar-refractivity contribution is 7.91. The van der Waals surface area contributed by atoms with Crippen LogP contribution in [0.4, 0.5) is 5.69 Å². The van der Waals surface area contributed by atoms with Crippen LogP contribution >= 0.6 is 11.6 Å². The van der Waals surface area contributed by atoms with Crippen molar-refractivity contribution in [3.05, 3.63) is 29.3 Å². The Morgan fingerprint density at radius 1 is 1.21 bits per heavy atom. The quantitative estimate of drug-likeness (QED) is 0.817. The Bertz CT molecular complexity index is 614. The molecule has 1 N–H and O–H groups in total. The monoisotopic (exact) mass is 300 g/mol. The van der Waals surface area contributed by atoms with Crippen molar-refractivity contribution in [2.75, 3.05) is 23.0 Å². The third-order valence-electron chi connectivity index (χ3n) is 3.54. The molecule has 1 amide bonds. The number of sulfone groups is 1. The lowest BCUT2D eigenvalue weighted by Crippen LogP contribution is -2.60. The zero-order valence-electron chi connectivity index (χ0n) is 10.0. The summed E-state index contributed by atoms with van der Waals surface area (Å²) in [6.07, 6.45) is 0. The highest BCUT2D eigenvalue weighted by atomic mass is 35.5. The molecule has 0 bridgehead atoms. The van der Waals surface area contributed by atoms with E-state index in [0.29, 0.717) is 5.02 Å². The number of amides is 1. The highest BCUT2D eigenvalue weighted by Gasteiger charge is 2.45. The summed E-state index contributed by atoms with van der Waals surface area (Å²) >= 11 is 5.84. The number of anilines is 1. The van der Waals surface area contributed by atoms with Gasteiger partial charge in [-0.05, 0) is 24.3 Å². The van der Waals surface area contributed by atoms with Gasteiger partial charge < -0.3 is 10.2 Å². The van der Waals surface area contributed by atoms with Gasteiger partial charge in [0.25, 0.3) is 0 Å². The van der Waals surface area contributed by atoms with Crippen LogP contribution in [0.5, 0.6) is 0 Å². The second-order valence-electron chi connectivity index (χ2n) is 4.92. The Balaban J connectivity index is 1.95. The number of benzene rings is 1. The molecule has 1 aromatic rings. The number of rotatable bonds is 1. The van der Waals surface area contributed by atoms with Crippen LogP contribution in [0.2, 0.25) is 5.02 Å². The second-order valence-corrected chi connectivity index (χ2v) is 7.51. The van der Waals surface area contributed by atoms with Crippen molar-refractivity contribution >= 4 is 33.0 Å². The van der Waals surface area contributed by atoms with E-state index in [9.17, 15) is 13.2 Å². The van der Waals surface area contributed by atoms with E-state index >= 15 is 0 Å². The van der Waals surface area contributed by atoms with Gasteiger partial charge in [0.15, 0.2) is 9.84 Å². The van der Waals surface area contributed by atoms with Gasteiger partial charge in [0.05, 0.1) is 30.1 Å². The highest BCUT2D eigenvalue weighted by Crippen LogP contribution is 2.27. The van der Waals surface area contributed by atoms with Crippen molar-refractivity contribution in [3.8, 4) is 0 Å². The molecule has 1 aromatic carbocycles. The van der Waals surface area contributed by atoms with Gasteiger partial charge in [-0.25, -0.2) is 8.42 Å². The predicted octanol–water partition coefficient (Wildman–Crippen LogP) is 0.442. The van der Waals surface area contributed by atoms with Crippen LogP contribution in [-0.2, 0) is 14.6 Å². The molecule has 0 aliphatic carbocycles. The van der Waals surface area contributed by atoms with Crippen molar-refractivity contribution in [1.29, 1.82) is 0 Å². The molecule has 3 rings (SSSR count). The number of halogens is 1. The Hall–Kier alpha value is -1.27. The summed E-state index contributed by atoms with van der Waals surface area (Å²) in [7, 11) is -3.08. The van der Waals surface area contributed by atoms with Crippen molar-refractivity contribution in [1.82, 2.24) is 5.32 Å². The molecule has 5 nitrogen and oxygen atoms in total. The van der Waals surface area contributed by atoms with E-state index in [1.165, 1.54) is 0 Å². The van der Waals surface area contributed by atoms with Crippen LogP contribution in [0.15, 0.2) is 24.3 Å². The van der Waals surface area contributed by atoms with Gasteiger partial charge in [0, 0.05) is 10.7 Å². The molecule has 19 heavy (non-hydrogen) atoms. The molecule has 2 saturated heterocycles. The third kappa shape index (κ3) is 2.42. The SMILES string of the molecule is O=C1CN(c2ccc(Cl)cc2)[C@H]2CS(=O)(=O)C[C@H]2N1. The summed E-state index contributed by atoms with van der Waals surface area (Å²) in [5.74, 6) is -0.0399. The van der Waals surface area contributed by atoms with E-state index in [-0.39, 0.29) is 36.0 Å². The van der Waals surface area contributed by atoms with Crippen molar-refractivity contribution in [3.63, 3.8) is 0 Å². The van der Waals surface area contributed by atoms with Gasteiger partial charge in [-0.1, -0.05) is 11.6 Å². The smallest absolute Gasteiger partial charge is 0.239 e. The molecule has 0 unspecified atom stereocenters. The first-order valence-electron chi connectivity index (χ1n) is 5.97. The molecule has 2 heterocycles. The van der Waals surface area contributed by atoms with Crippen LogP contribution in [0.1, 0.15) is 0 Å². The average molecular weight is 301 g/mol. The van der Waals surface area contributed by atoms with Crippen molar-refractivity contribution < 1.29 is 13.2 Å². The minimum Gasteiger partial charge on any atom is -0.356 e. The first-order chi connectivity index (χ1) is 8.94. The summed E-state index contributed by atoms with van der Waals surface area (Å²) < 4.78 is 23.5. The molecule has 2 atom stereocenters. The minimum atomic E-state index is -3.08. The molecule has 7 heteroatoms. The van der Waals surface area contributed by atoms with Crippen molar-refractivity contribution in [2.24, 2.45) is 0 Å². The Morgan fingerprint density at radius 3 is 2.58 bits per heavy atom. The number of carbonyl (C=O) groups excluding carboxylic acids is 1. The second kappa shape index (κ2) is 4.38. The summed E-state index contributed by atoms with van der Waals surface area (Å²) in [4.78, 5) is 13.5. The lowest BCUT2D eigenvalue weighted by Gasteiger charge is -2.38. The van der Waals surface area contributed by atoms with E-state index in [4.69, 9.17) is 11.6 Å². The molecule has 0 spiro atoms. The minimum absolute atomic E-state index is 0.0213.